The summed E-state index contributed by atoms with van der Waals surface area (Å²) in [5.41, 5.74) is 5.18. The zero-order valence-electron chi connectivity index (χ0n) is 5.77. The van der Waals surface area contributed by atoms with Crippen molar-refractivity contribution in [1.82, 2.24) is 0 Å². The molecule has 0 aliphatic rings. The maximum Gasteiger partial charge on any atom is 0.250 e. The van der Waals surface area contributed by atoms with Crippen LogP contribution in [0, 0.1) is 0 Å². The van der Waals surface area contributed by atoms with E-state index >= 15 is 0 Å². The molecule has 0 aliphatic heterocycles. The van der Waals surface area contributed by atoms with E-state index in [2.05, 4.69) is 0 Å². The van der Waals surface area contributed by atoms with Gasteiger partial charge < -0.3 is 5.73 Å². The molecule has 0 bridgehead atoms. The van der Waals surface area contributed by atoms with Gasteiger partial charge in [0.1, 0.15) is 0 Å². The van der Waals surface area contributed by atoms with Gasteiger partial charge in [0.05, 0.1) is 20.6 Å². The smallest absolute Gasteiger partial charge is 0.250 e. The highest BCUT2D eigenvalue weighted by Gasteiger charge is 2.09. The summed E-state index contributed by atoms with van der Waals surface area (Å²) in [6, 6.07) is 2.72. The Bertz CT molecular complexity index is 338. The van der Waals surface area contributed by atoms with Gasteiger partial charge in [-0.3, -0.25) is 4.79 Å². The Morgan fingerprint density at radius 2 is 1.58 bits per heavy atom. The summed E-state index contributed by atoms with van der Waals surface area (Å²) >= 11 is 16.9. The van der Waals surface area contributed by atoms with E-state index in [-0.39, 0.29) is 15.6 Å². The fraction of sp³-hybridized carbons (Fsp3) is 0. The van der Waals surface area contributed by atoms with E-state index in [9.17, 15) is 4.79 Å². The summed E-state index contributed by atoms with van der Waals surface area (Å²) in [6.45, 7) is 0. The Morgan fingerprint density at radius 1 is 1.08 bits per heavy atom. The van der Waals surface area contributed by atoms with Crippen molar-refractivity contribution in [1.29, 1.82) is 0 Å². The largest absolute Gasteiger partial charge is 0.366 e. The zero-order chi connectivity index (χ0) is 9.30. The predicted octanol–water partition coefficient (Wildman–Crippen LogP) is 2.75. The fourth-order valence-corrected chi connectivity index (χ4v) is 1.35. The molecule has 0 fully saturated rings. The molecule has 0 saturated carbocycles. The first-order valence-electron chi connectivity index (χ1n) is 2.96. The molecule has 12 heavy (non-hydrogen) atoms. The highest BCUT2D eigenvalue weighted by atomic mass is 35.5. The van der Waals surface area contributed by atoms with E-state index in [1.54, 1.807) is 0 Å². The minimum Gasteiger partial charge on any atom is -0.366 e. The molecule has 0 heterocycles. The van der Waals surface area contributed by atoms with Crippen molar-refractivity contribution in [3.63, 3.8) is 0 Å². The summed E-state index contributed by atoms with van der Waals surface area (Å²) in [7, 11) is 0. The molecule has 0 unspecified atom stereocenters. The molecule has 64 valence electrons. The minimum absolute atomic E-state index is 0.172. The highest BCUT2D eigenvalue weighted by Crippen LogP contribution is 2.28. The quantitative estimate of drug-likeness (QED) is 0.732. The number of amides is 1. The molecule has 1 rings (SSSR count). The number of nitrogens with two attached hydrogens (primary N) is 1. The number of primary amides is 1. The van der Waals surface area contributed by atoms with Gasteiger partial charge in [-0.25, -0.2) is 0 Å². The normalized spacial score (nSPS) is 9.92. The molecule has 1 amide bonds. The van der Waals surface area contributed by atoms with Crippen molar-refractivity contribution in [3.05, 3.63) is 32.8 Å². The van der Waals surface area contributed by atoms with Crippen LogP contribution in [0.2, 0.25) is 15.1 Å². The first kappa shape index (κ1) is 9.65. The molecule has 0 aromatic heterocycles. The third kappa shape index (κ3) is 1.83. The molecule has 5 heteroatoms. The standard InChI is InChI=1S/C7H4Cl3NO/c8-4-2-6(10)5(9)1-3(4)7(11)12/h1-2H,(H2,11,12). The van der Waals surface area contributed by atoms with Gasteiger partial charge in [0.15, 0.2) is 0 Å². The Morgan fingerprint density at radius 3 is 2.08 bits per heavy atom. The molecule has 0 spiro atoms. The van der Waals surface area contributed by atoms with Crippen LogP contribution in [0.5, 0.6) is 0 Å². The number of hydrogen-bond donors (Lipinski definition) is 1. The number of hydrogen-bond acceptors (Lipinski definition) is 1. The molecule has 0 atom stereocenters. The lowest BCUT2D eigenvalue weighted by Gasteiger charge is -2.01. The molecular formula is C7H4Cl3NO. The van der Waals surface area contributed by atoms with Crippen LogP contribution in [0.25, 0.3) is 0 Å². The zero-order valence-corrected chi connectivity index (χ0v) is 8.04. The minimum atomic E-state index is -0.626. The van der Waals surface area contributed by atoms with Crippen LogP contribution in [0.3, 0.4) is 0 Å². The summed E-state index contributed by atoms with van der Waals surface area (Å²) in [5, 5.41) is 0.762. The van der Waals surface area contributed by atoms with Crippen molar-refractivity contribution in [2.45, 2.75) is 0 Å². The van der Waals surface area contributed by atoms with E-state index < -0.39 is 5.91 Å². The number of carbonyl (C=O) groups excluding carboxylic acids is 1. The molecule has 0 aliphatic carbocycles. The molecule has 0 saturated heterocycles. The lowest BCUT2D eigenvalue weighted by Crippen LogP contribution is -2.11. The Balaban J connectivity index is 3.33. The average molecular weight is 224 g/mol. The van der Waals surface area contributed by atoms with Crippen LogP contribution in [-0.2, 0) is 0 Å². The summed E-state index contributed by atoms with van der Waals surface area (Å²) in [6.07, 6.45) is 0. The van der Waals surface area contributed by atoms with Gasteiger partial charge in [0, 0.05) is 0 Å². The maximum absolute atomic E-state index is 10.7. The van der Waals surface area contributed by atoms with Gasteiger partial charge in [-0.1, -0.05) is 34.8 Å². The Labute approximate surface area is 84.2 Å². The van der Waals surface area contributed by atoms with Crippen LogP contribution in [-0.4, -0.2) is 5.91 Å². The number of rotatable bonds is 1. The summed E-state index contributed by atoms with van der Waals surface area (Å²) in [4.78, 5) is 10.7. The second-order valence-corrected chi connectivity index (χ2v) is 3.33. The van der Waals surface area contributed by atoms with Gasteiger partial charge >= 0.3 is 0 Å². The van der Waals surface area contributed by atoms with Crippen LogP contribution >= 0.6 is 34.8 Å². The molecule has 2 nitrogen and oxygen atoms in total. The SMILES string of the molecule is NC(=O)c1cc(Cl)c(Cl)cc1Cl. The van der Waals surface area contributed by atoms with E-state index in [1.807, 2.05) is 0 Å². The van der Waals surface area contributed by atoms with Crippen LogP contribution in [0.4, 0.5) is 0 Å². The lowest BCUT2D eigenvalue weighted by molar-refractivity contribution is 0.100. The van der Waals surface area contributed by atoms with Crippen LogP contribution in [0.15, 0.2) is 12.1 Å². The van der Waals surface area contributed by atoms with E-state index in [4.69, 9.17) is 40.5 Å². The van der Waals surface area contributed by atoms with Crippen molar-refractivity contribution in [3.8, 4) is 0 Å². The number of benzene rings is 1. The van der Waals surface area contributed by atoms with Crippen molar-refractivity contribution < 1.29 is 4.79 Å². The summed E-state index contributed by atoms with van der Waals surface area (Å²) < 4.78 is 0. The number of carbonyl (C=O) groups is 1. The lowest BCUT2D eigenvalue weighted by atomic mass is 10.2. The molecular weight excluding hydrogens is 220 g/mol. The first-order chi connectivity index (χ1) is 5.52. The third-order valence-corrected chi connectivity index (χ3v) is 2.31. The van der Waals surface area contributed by atoms with Gasteiger partial charge in [-0.2, -0.15) is 0 Å². The molecule has 0 radical (unpaired) electrons. The first-order valence-corrected chi connectivity index (χ1v) is 4.10. The maximum atomic E-state index is 10.7. The highest BCUT2D eigenvalue weighted by molar-refractivity contribution is 6.44. The van der Waals surface area contributed by atoms with Crippen LogP contribution < -0.4 is 5.73 Å². The van der Waals surface area contributed by atoms with E-state index in [1.165, 1.54) is 12.1 Å². The van der Waals surface area contributed by atoms with Crippen molar-refractivity contribution in [2.24, 2.45) is 5.73 Å². The summed E-state index contributed by atoms with van der Waals surface area (Å²) in [5.74, 6) is -0.626. The third-order valence-electron chi connectivity index (χ3n) is 1.28. The van der Waals surface area contributed by atoms with Crippen LogP contribution in [0.1, 0.15) is 10.4 Å². The topological polar surface area (TPSA) is 43.1 Å². The predicted molar refractivity (Wildman–Crippen MR) is 50.0 cm³/mol. The second-order valence-electron chi connectivity index (χ2n) is 2.11. The second kappa shape index (κ2) is 3.52. The van der Waals surface area contributed by atoms with Gasteiger partial charge in [-0.15, -0.1) is 0 Å². The van der Waals surface area contributed by atoms with E-state index in [0.29, 0.717) is 5.02 Å². The van der Waals surface area contributed by atoms with E-state index in [0.717, 1.165) is 0 Å². The average Bonchev–Trinajstić information content (AvgIpc) is 1.96. The Kier molecular flexibility index (Phi) is 2.83. The van der Waals surface area contributed by atoms with Gasteiger partial charge in [-0.05, 0) is 12.1 Å². The Hall–Kier alpha value is -0.440. The van der Waals surface area contributed by atoms with Gasteiger partial charge in [0.25, 0.3) is 0 Å². The fourth-order valence-electron chi connectivity index (χ4n) is 0.711. The molecule has 2 N–H and O–H groups in total. The number of halogens is 3. The molecule has 1 aromatic rings. The van der Waals surface area contributed by atoms with Gasteiger partial charge in [0.2, 0.25) is 5.91 Å². The monoisotopic (exact) mass is 223 g/mol. The van der Waals surface area contributed by atoms with Crippen molar-refractivity contribution >= 4 is 40.7 Å². The van der Waals surface area contributed by atoms with Crippen molar-refractivity contribution in [2.75, 3.05) is 0 Å². The molecule has 1 aromatic carbocycles.